The molecule has 0 fully saturated rings. The van der Waals surface area contributed by atoms with Crippen LogP contribution in [-0.2, 0) is 0 Å². The SMILES string of the molecule is Cc1ccc(C2=CCCC2)c2ccccc12. The van der Waals surface area contributed by atoms with Crippen molar-refractivity contribution in [1.29, 1.82) is 0 Å². The summed E-state index contributed by atoms with van der Waals surface area (Å²) in [7, 11) is 0. The molecule has 0 heterocycles. The van der Waals surface area contributed by atoms with E-state index < -0.39 is 0 Å². The van der Waals surface area contributed by atoms with Crippen LogP contribution in [0.2, 0.25) is 0 Å². The van der Waals surface area contributed by atoms with Crippen molar-refractivity contribution in [2.75, 3.05) is 0 Å². The van der Waals surface area contributed by atoms with Gasteiger partial charge in [0.15, 0.2) is 0 Å². The molecule has 2 aromatic rings. The molecule has 3 rings (SSSR count). The molecule has 1 aliphatic carbocycles. The molecule has 0 nitrogen and oxygen atoms in total. The highest BCUT2D eigenvalue weighted by molar-refractivity contribution is 5.95. The number of hydrogen-bond donors (Lipinski definition) is 0. The third-order valence-electron chi connectivity index (χ3n) is 3.53. The van der Waals surface area contributed by atoms with E-state index in [9.17, 15) is 0 Å². The van der Waals surface area contributed by atoms with Crippen molar-refractivity contribution in [3.05, 3.63) is 53.6 Å². The molecule has 0 amide bonds. The highest BCUT2D eigenvalue weighted by Gasteiger charge is 2.10. The van der Waals surface area contributed by atoms with Crippen LogP contribution in [0.3, 0.4) is 0 Å². The molecule has 0 atom stereocenters. The van der Waals surface area contributed by atoms with E-state index in [2.05, 4.69) is 49.4 Å². The lowest BCUT2D eigenvalue weighted by Gasteiger charge is -2.09. The molecule has 0 saturated heterocycles. The minimum atomic E-state index is 1.24. The molecular formula is C16H16. The lowest BCUT2D eigenvalue weighted by atomic mass is 9.95. The fourth-order valence-corrected chi connectivity index (χ4v) is 2.65. The van der Waals surface area contributed by atoms with Gasteiger partial charge in [-0.15, -0.1) is 0 Å². The van der Waals surface area contributed by atoms with Crippen molar-refractivity contribution in [2.24, 2.45) is 0 Å². The summed E-state index contributed by atoms with van der Waals surface area (Å²) in [6.07, 6.45) is 6.21. The minimum Gasteiger partial charge on any atom is -0.0807 e. The Bertz CT molecular complexity index is 561. The number of fused-ring (bicyclic) bond motifs is 1. The summed E-state index contributed by atoms with van der Waals surface area (Å²) >= 11 is 0. The van der Waals surface area contributed by atoms with Crippen LogP contribution < -0.4 is 0 Å². The van der Waals surface area contributed by atoms with Gasteiger partial charge in [-0.2, -0.15) is 0 Å². The molecule has 80 valence electrons. The van der Waals surface area contributed by atoms with Crippen LogP contribution in [-0.4, -0.2) is 0 Å². The Kier molecular flexibility index (Phi) is 2.28. The topological polar surface area (TPSA) is 0 Å². The van der Waals surface area contributed by atoms with Gasteiger partial charge in [-0.25, -0.2) is 0 Å². The molecule has 1 aliphatic rings. The van der Waals surface area contributed by atoms with E-state index in [0.717, 1.165) is 0 Å². The van der Waals surface area contributed by atoms with E-state index in [1.807, 2.05) is 0 Å². The molecule has 0 saturated carbocycles. The third kappa shape index (κ3) is 1.46. The van der Waals surface area contributed by atoms with Gasteiger partial charge >= 0.3 is 0 Å². The number of rotatable bonds is 1. The van der Waals surface area contributed by atoms with Crippen LogP contribution in [0.5, 0.6) is 0 Å². The Hall–Kier alpha value is -1.56. The van der Waals surface area contributed by atoms with Gasteiger partial charge in [0.2, 0.25) is 0 Å². The second-order valence-corrected chi connectivity index (χ2v) is 4.60. The zero-order valence-electron chi connectivity index (χ0n) is 9.66. The van der Waals surface area contributed by atoms with Crippen LogP contribution in [0.1, 0.15) is 30.4 Å². The van der Waals surface area contributed by atoms with Gasteiger partial charge in [0, 0.05) is 0 Å². The number of benzene rings is 2. The highest BCUT2D eigenvalue weighted by Crippen LogP contribution is 2.33. The van der Waals surface area contributed by atoms with Gasteiger partial charge in [0.25, 0.3) is 0 Å². The monoisotopic (exact) mass is 208 g/mol. The molecule has 2 aromatic carbocycles. The average molecular weight is 208 g/mol. The molecule has 0 aromatic heterocycles. The van der Waals surface area contributed by atoms with Gasteiger partial charge < -0.3 is 0 Å². The van der Waals surface area contributed by atoms with Crippen molar-refractivity contribution < 1.29 is 0 Å². The standard InChI is InChI=1S/C16H16/c1-12-10-11-15(13-6-2-3-7-13)16-9-5-4-8-14(12)16/h4-6,8-11H,2-3,7H2,1H3. The average Bonchev–Trinajstić information content (AvgIpc) is 2.83. The Morgan fingerprint density at radius 1 is 0.938 bits per heavy atom. The number of allylic oxidation sites excluding steroid dienone is 2. The smallest absolute Gasteiger partial charge is 0.0106 e. The van der Waals surface area contributed by atoms with E-state index in [-0.39, 0.29) is 0 Å². The first kappa shape index (κ1) is 9.65. The quantitative estimate of drug-likeness (QED) is 0.636. The molecular weight excluding hydrogens is 192 g/mol. The second kappa shape index (κ2) is 3.79. The fourth-order valence-electron chi connectivity index (χ4n) is 2.65. The molecule has 0 spiro atoms. The van der Waals surface area contributed by atoms with Crippen LogP contribution in [0, 0.1) is 6.92 Å². The van der Waals surface area contributed by atoms with Crippen molar-refractivity contribution in [3.8, 4) is 0 Å². The maximum Gasteiger partial charge on any atom is -0.0106 e. The first-order valence-electron chi connectivity index (χ1n) is 6.04. The summed E-state index contributed by atoms with van der Waals surface area (Å²) in [5.74, 6) is 0. The van der Waals surface area contributed by atoms with E-state index in [4.69, 9.17) is 0 Å². The van der Waals surface area contributed by atoms with Crippen LogP contribution >= 0.6 is 0 Å². The summed E-state index contributed by atoms with van der Waals surface area (Å²) in [6, 6.07) is 13.3. The normalized spacial score (nSPS) is 15.4. The van der Waals surface area contributed by atoms with Crippen molar-refractivity contribution in [1.82, 2.24) is 0 Å². The molecule has 0 heteroatoms. The van der Waals surface area contributed by atoms with E-state index in [1.165, 1.54) is 46.7 Å². The van der Waals surface area contributed by atoms with E-state index >= 15 is 0 Å². The van der Waals surface area contributed by atoms with E-state index in [1.54, 1.807) is 0 Å². The Morgan fingerprint density at radius 2 is 1.75 bits per heavy atom. The number of hydrogen-bond acceptors (Lipinski definition) is 0. The van der Waals surface area contributed by atoms with Crippen LogP contribution in [0.4, 0.5) is 0 Å². The van der Waals surface area contributed by atoms with Gasteiger partial charge in [0.05, 0.1) is 0 Å². The minimum absolute atomic E-state index is 1.24. The fraction of sp³-hybridized carbons (Fsp3) is 0.250. The number of aryl methyl sites for hydroxylation is 1. The van der Waals surface area contributed by atoms with Gasteiger partial charge in [-0.1, -0.05) is 42.5 Å². The Morgan fingerprint density at radius 3 is 2.50 bits per heavy atom. The predicted octanol–water partition coefficient (Wildman–Crippen LogP) is 4.72. The van der Waals surface area contributed by atoms with E-state index in [0.29, 0.717) is 0 Å². The van der Waals surface area contributed by atoms with Gasteiger partial charge in [-0.05, 0) is 53.7 Å². The Labute approximate surface area is 96.6 Å². The van der Waals surface area contributed by atoms with Gasteiger partial charge in [0.1, 0.15) is 0 Å². The summed E-state index contributed by atoms with van der Waals surface area (Å²) in [4.78, 5) is 0. The summed E-state index contributed by atoms with van der Waals surface area (Å²) < 4.78 is 0. The third-order valence-corrected chi connectivity index (χ3v) is 3.53. The maximum atomic E-state index is 2.40. The molecule has 0 aliphatic heterocycles. The highest BCUT2D eigenvalue weighted by atomic mass is 14.1. The zero-order chi connectivity index (χ0) is 11.0. The molecule has 0 N–H and O–H groups in total. The lowest BCUT2D eigenvalue weighted by molar-refractivity contribution is 0.936. The van der Waals surface area contributed by atoms with Crippen LogP contribution in [0.15, 0.2) is 42.5 Å². The van der Waals surface area contributed by atoms with Crippen molar-refractivity contribution in [3.63, 3.8) is 0 Å². The summed E-state index contributed by atoms with van der Waals surface area (Å²) in [5.41, 5.74) is 4.35. The largest absolute Gasteiger partial charge is 0.0807 e. The second-order valence-electron chi connectivity index (χ2n) is 4.60. The molecule has 0 bridgehead atoms. The zero-order valence-corrected chi connectivity index (χ0v) is 9.66. The first-order valence-corrected chi connectivity index (χ1v) is 6.04. The summed E-state index contributed by atoms with van der Waals surface area (Å²) in [6.45, 7) is 2.19. The van der Waals surface area contributed by atoms with Crippen molar-refractivity contribution in [2.45, 2.75) is 26.2 Å². The molecule has 0 unspecified atom stereocenters. The predicted molar refractivity (Wildman–Crippen MR) is 70.5 cm³/mol. The maximum absolute atomic E-state index is 2.40. The van der Waals surface area contributed by atoms with Crippen LogP contribution in [0.25, 0.3) is 16.3 Å². The Balaban J connectivity index is 2.29. The molecule has 0 radical (unpaired) electrons. The summed E-state index contributed by atoms with van der Waals surface area (Å²) in [5, 5.41) is 2.81. The van der Waals surface area contributed by atoms with Gasteiger partial charge in [-0.3, -0.25) is 0 Å². The van der Waals surface area contributed by atoms with Crippen molar-refractivity contribution >= 4 is 16.3 Å². The lowest BCUT2D eigenvalue weighted by Crippen LogP contribution is -1.86. The molecule has 16 heavy (non-hydrogen) atoms. The first-order chi connectivity index (χ1) is 7.86.